The van der Waals surface area contributed by atoms with Crippen LogP contribution in [0.1, 0.15) is 29.7 Å². The second-order valence-corrected chi connectivity index (χ2v) is 7.65. The minimum atomic E-state index is 0.109. The van der Waals surface area contributed by atoms with Crippen molar-refractivity contribution >= 4 is 33.8 Å². The number of H-pyrrole nitrogens is 1. The second-order valence-electron chi connectivity index (χ2n) is 6.16. The fourth-order valence-electron chi connectivity index (χ4n) is 3.27. The van der Waals surface area contributed by atoms with Gasteiger partial charge in [0.25, 0.3) is 5.56 Å². The van der Waals surface area contributed by atoms with E-state index in [9.17, 15) is 4.79 Å². The van der Waals surface area contributed by atoms with E-state index in [1.165, 1.54) is 29.7 Å². The molecular weight excluding hydrogens is 302 g/mol. The van der Waals surface area contributed by atoms with Crippen molar-refractivity contribution in [2.24, 2.45) is 0 Å². The number of likely N-dealkylation sites (N-methyl/N-ethyl adjacent to an activating group) is 1. The van der Waals surface area contributed by atoms with Crippen LogP contribution in [-0.4, -0.2) is 34.1 Å². The Morgan fingerprint density at radius 3 is 3.00 bits per heavy atom. The summed E-state index contributed by atoms with van der Waals surface area (Å²) < 4.78 is 2.32. The molecule has 0 aromatic carbocycles. The summed E-state index contributed by atoms with van der Waals surface area (Å²) >= 11 is 7.12. The highest BCUT2D eigenvalue weighted by Gasteiger charge is 2.26. The van der Waals surface area contributed by atoms with Crippen molar-refractivity contribution in [3.05, 3.63) is 25.6 Å². The van der Waals surface area contributed by atoms with Crippen LogP contribution >= 0.6 is 23.6 Å². The number of aromatic amines is 1. The maximum atomic E-state index is 12.8. The fourth-order valence-corrected chi connectivity index (χ4v) is 4.89. The number of fused-ring (bicyclic) bond motifs is 3. The molecule has 0 radical (unpaired) electrons. The monoisotopic (exact) mass is 321 g/mol. The molecule has 4 rings (SSSR count). The first-order valence-electron chi connectivity index (χ1n) is 7.63. The van der Waals surface area contributed by atoms with Crippen LogP contribution in [0.3, 0.4) is 0 Å². The summed E-state index contributed by atoms with van der Waals surface area (Å²) in [6, 6.07) is 0.715. The third-order valence-corrected chi connectivity index (χ3v) is 6.22. The molecule has 2 heterocycles. The number of thiophene rings is 1. The van der Waals surface area contributed by atoms with Gasteiger partial charge in [-0.3, -0.25) is 9.36 Å². The van der Waals surface area contributed by atoms with Crippen LogP contribution in [0, 0.1) is 4.77 Å². The van der Waals surface area contributed by atoms with Crippen LogP contribution in [0.2, 0.25) is 0 Å². The maximum absolute atomic E-state index is 12.8. The molecule has 6 heteroatoms. The zero-order chi connectivity index (χ0) is 14.6. The smallest absolute Gasteiger partial charge is 0.263 e. The molecule has 1 N–H and O–H groups in total. The lowest BCUT2D eigenvalue weighted by Gasteiger charge is -2.16. The lowest BCUT2D eigenvalue weighted by atomic mass is 10.2. The third kappa shape index (κ3) is 2.29. The first kappa shape index (κ1) is 13.7. The molecule has 112 valence electrons. The van der Waals surface area contributed by atoms with E-state index in [1.807, 2.05) is 0 Å². The molecule has 1 fully saturated rings. The minimum absolute atomic E-state index is 0.109. The molecule has 2 aliphatic carbocycles. The van der Waals surface area contributed by atoms with Crippen molar-refractivity contribution in [1.82, 2.24) is 14.5 Å². The lowest BCUT2D eigenvalue weighted by Crippen LogP contribution is -2.30. The Morgan fingerprint density at radius 2 is 2.24 bits per heavy atom. The van der Waals surface area contributed by atoms with Gasteiger partial charge in [0.1, 0.15) is 4.83 Å². The lowest BCUT2D eigenvalue weighted by molar-refractivity contribution is 0.306. The predicted octanol–water partition coefficient (Wildman–Crippen LogP) is 2.70. The highest BCUT2D eigenvalue weighted by atomic mass is 32.1. The van der Waals surface area contributed by atoms with Crippen molar-refractivity contribution < 1.29 is 0 Å². The van der Waals surface area contributed by atoms with Crippen molar-refractivity contribution in [3.8, 4) is 0 Å². The van der Waals surface area contributed by atoms with E-state index in [0.29, 0.717) is 17.4 Å². The number of nitrogens with zero attached hydrogens (tertiary/aromatic N) is 2. The van der Waals surface area contributed by atoms with Gasteiger partial charge in [0, 0.05) is 24.0 Å². The average Bonchev–Trinajstić information content (AvgIpc) is 3.10. The molecule has 0 bridgehead atoms. The summed E-state index contributed by atoms with van der Waals surface area (Å²) in [5.41, 5.74) is 1.38. The normalized spacial score (nSPS) is 17.8. The molecule has 2 aliphatic rings. The molecule has 2 aromatic rings. The van der Waals surface area contributed by atoms with Gasteiger partial charge in [0.05, 0.1) is 5.39 Å². The standard InChI is InChI=1S/C15H19N3OS2/c1-17(9-5-6-9)7-8-18-14(19)12-10-3-2-4-11(10)21-13(12)16-15(18)20/h9H,2-8H2,1H3,(H,16,20). The largest absolute Gasteiger partial charge is 0.323 e. The number of rotatable bonds is 4. The van der Waals surface area contributed by atoms with Crippen LogP contribution in [-0.2, 0) is 19.4 Å². The highest BCUT2D eigenvalue weighted by molar-refractivity contribution is 7.71. The molecular formula is C15H19N3OS2. The first-order valence-corrected chi connectivity index (χ1v) is 8.85. The third-order valence-electron chi connectivity index (χ3n) is 4.69. The van der Waals surface area contributed by atoms with E-state index < -0.39 is 0 Å². The molecule has 21 heavy (non-hydrogen) atoms. The van der Waals surface area contributed by atoms with Gasteiger partial charge in [-0.1, -0.05) is 0 Å². The first-order chi connectivity index (χ1) is 10.1. The quantitative estimate of drug-likeness (QED) is 0.880. The van der Waals surface area contributed by atoms with Gasteiger partial charge in [-0.15, -0.1) is 11.3 Å². The van der Waals surface area contributed by atoms with Gasteiger partial charge in [0.2, 0.25) is 0 Å². The minimum Gasteiger partial charge on any atom is -0.323 e. The zero-order valence-corrected chi connectivity index (χ0v) is 13.8. The van der Waals surface area contributed by atoms with Crippen LogP contribution in [0.5, 0.6) is 0 Å². The van der Waals surface area contributed by atoms with Gasteiger partial charge >= 0.3 is 0 Å². The summed E-state index contributed by atoms with van der Waals surface area (Å²) in [7, 11) is 2.14. The number of aryl methyl sites for hydroxylation is 2. The van der Waals surface area contributed by atoms with E-state index >= 15 is 0 Å². The predicted molar refractivity (Wildman–Crippen MR) is 88.9 cm³/mol. The van der Waals surface area contributed by atoms with Crippen LogP contribution in [0.4, 0.5) is 0 Å². The van der Waals surface area contributed by atoms with Crippen molar-refractivity contribution in [3.63, 3.8) is 0 Å². The zero-order valence-electron chi connectivity index (χ0n) is 12.1. The Bertz CT molecular complexity index is 813. The molecule has 0 aliphatic heterocycles. The number of nitrogens with one attached hydrogen (secondary N) is 1. The van der Waals surface area contributed by atoms with E-state index in [4.69, 9.17) is 12.2 Å². The Balaban J connectivity index is 1.74. The SMILES string of the molecule is CN(CCn1c(=S)[nH]c2sc3c(c2c1=O)CCC3)C1CC1. The van der Waals surface area contributed by atoms with E-state index in [-0.39, 0.29) is 5.56 Å². The Morgan fingerprint density at radius 1 is 1.43 bits per heavy atom. The molecule has 0 amide bonds. The molecule has 4 nitrogen and oxygen atoms in total. The summed E-state index contributed by atoms with van der Waals surface area (Å²) in [4.78, 5) is 20.8. The van der Waals surface area contributed by atoms with Gasteiger partial charge in [-0.25, -0.2) is 0 Å². The fraction of sp³-hybridized carbons (Fsp3) is 0.600. The van der Waals surface area contributed by atoms with Gasteiger partial charge < -0.3 is 9.88 Å². The molecule has 0 unspecified atom stereocenters. The Labute approximate surface area is 132 Å². The number of hydrogen-bond acceptors (Lipinski definition) is 4. The van der Waals surface area contributed by atoms with E-state index in [0.717, 1.165) is 29.6 Å². The Hall–Kier alpha value is -0.980. The van der Waals surface area contributed by atoms with Crippen molar-refractivity contribution in [2.75, 3.05) is 13.6 Å². The highest BCUT2D eigenvalue weighted by Crippen LogP contribution is 2.34. The van der Waals surface area contributed by atoms with Crippen molar-refractivity contribution in [1.29, 1.82) is 0 Å². The molecule has 0 atom stereocenters. The Kier molecular flexibility index (Phi) is 3.28. The van der Waals surface area contributed by atoms with E-state index in [2.05, 4.69) is 16.9 Å². The van der Waals surface area contributed by atoms with Crippen LogP contribution in [0.25, 0.3) is 10.2 Å². The summed E-state index contributed by atoms with van der Waals surface area (Å²) in [6.07, 6.45) is 5.90. The van der Waals surface area contributed by atoms with E-state index in [1.54, 1.807) is 15.9 Å². The summed E-state index contributed by atoms with van der Waals surface area (Å²) in [5, 5.41) is 0.898. The van der Waals surface area contributed by atoms with Gasteiger partial charge in [0.15, 0.2) is 4.77 Å². The van der Waals surface area contributed by atoms with Crippen LogP contribution < -0.4 is 5.56 Å². The van der Waals surface area contributed by atoms with Crippen LogP contribution in [0.15, 0.2) is 4.79 Å². The van der Waals surface area contributed by atoms with Crippen molar-refractivity contribution in [2.45, 2.75) is 44.7 Å². The molecule has 0 saturated heterocycles. The maximum Gasteiger partial charge on any atom is 0.263 e. The molecule has 2 aromatic heterocycles. The molecule has 0 spiro atoms. The van der Waals surface area contributed by atoms with Gasteiger partial charge in [-0.05, 0) is 56.9 Å². The van der Waals surface area contributed by atoms with Gasteiger partial charge in [-0.2, -0.15) is 0 Å². The number of hydrogen-bond donors (Lipinski definition) is 1. The second kappa shape index (κ2) is 5.04. The summed E-state index contributed by atoms with van der Waals surface area (Å²) in [5.74, 6) is 0. The topological polar surface area (TPSA) is 41.0 Å². The number of aromatic nitrogens is 2. The summed E-state index contributed by atoms with van der Waals surface area (Å²) in [6.45, 7) is 1.57. The molecule has 1 saturated carbocycles. The average molecular weight is 321 g/mol.